The van der Waals surface area contributed by atoms with Crippen LogP contribution in [0.5, 0.6) is 5.75 Å². The van der Waals surface area contributed by atoms with Crippen molar-refractivity contribution >= 4 is 23.2 Å². The van der Waals surface area contributed by atoms with Crippen LogP contribution in [0.2, 0.25) is 5.15 Å². The third-order valence-corrected chi connectivity index (χ3v) is 4.95. The second-order valence-electron chi connectivity index (χ2n) is 6.09. The first-order chi connectivity index (χ1) is 12.6. The number of anilines is 1. The molecule has 0 saturated heterocycles. The van der Waals surface area contributed by atoms with Gasteiger partial charge in [-0.25, -0.2) is 4.68 Å². The maximum atomic E-state index is 12.9. The molecule has 0 spiro atoms. The highest BCUT2D eigenvalue weighted by atomic mass is 35.5. The number of hydrogen-bond acceptors (Lipinski definition) is 4. The molecule has 26 heavy (non-hydrogen) atoms. The van der Waals surface area contributed by atoms with Gasteiger partial charge in [-0.15, -0.1) is 6.58 Å². The van der Waals surface area contributed by atoms with Crippen LogP contribution >= 0.6 is 11.6 Å². The first-order valence-electron chi connectivity index (χ1n) is 8.37. The molecule has 4 rings (SSSR count). The van der Waals surface area contributed by atoms with Gasteiger partial charge in [-0.05, 0) is 17.7 Å². The average Bonchev–Trinajstić information content (AvgIpc) is 2.82. The fourth-order valence-corrected chi connectivity index (χ4v) is 3.70. The summed E-state index contributed by atoms with van der Waals surface area (Å²) in [4.78, 5) is 26.7. The van der Waals surface area contributed by atoms with E-state index < -0.39 is 0 Å². The average molecular weight is 376 g/mol. The van der Waals surface area contributed by atoms with E-state index >= 15 is 0 Å². The van der Waals surface area contributed by atoms with E-state index in [9.17, 15) is 9.59 Å². The van der Waals surface area contributed by atoms with Gasteiger partial charge in [-0.2, -0.15) is 0 Å². The molecular formula is C18H18ClN3O4. The molecule has 2 aliphatic heterocycles. The highest BCUT2D eigenvalue weighted by Gasteiger charge is 2.27. The topological polar surface area (TPSA) is 65.7 Å². The van der Waals surface area contributed by atoms with Crippen molar-refractivity contribution in [3.63, 3.8) is 0 Å². The summed E-state index contributed by atoms with van der Waals surface area (Å²) in [7, 11) is 0. The Balaban J connectivity index is 1.84. The minimum atomic E-state index is -0.168. The lowest BCUT2D eigenvalue weighted by Gasteiger charge is -2.28. The van der Waals surface area contributed by atoms with Crippen LogP contribution in [0.3, 0.4) is 0 Å². The van der Waals surface area contributed by atoms with Crippen LogP contribution in [-0.4, -0.2) is 41.6 Å². The van der Waals surface area contributed by atoms with E-state index in [4.69, 9.17) is 21.1 Å². The highest BCUT2D eigenvalue weighted by molar-refractivity contribution is 6.32. The van der Waals surface area contributed by atoms with E-state index in [0.717, 1.165) is 0 Å². The Kier molecular flexibility index (Phi) is 4.34. The highest BCUT2D eigenvalue weighted by Crippen LogP contribution is 2.37. The smallest absolute Gasteiger partial charge is 0.276 e. The van der Waals surface area contributed by atoms with Gasteiger partial charge in [0.25, 0.3) is 11.5 Å². The molecule has 0 radical (unpaired) electrons. The molecule has 0 atom stereocenters. The number of ether oxygens (including phenoxy) is 2. The number of aromatic nitrogens is 2. The van der Waals surface area contributed by atoms with Crippen LogP contribution in [0.4, 0.5) is 5.69 Å². The van der Waals surface area contributed by atoms with E-state index in [1.54, 1.807) is 38.5 Å². The predicted molar refractivity (Wildman–Crippen MR) is 98.0 cm³/mol. The minimum absolute atomic E-state index is 0.00980. The molecule has 0 fully saturated rings. The van der Waals surface area contributed by atoms with Crippen LogP contribution < -0.4 is 15.2 Å². The molecule has 7 nitrogen and oxygen atoms in total. The van der Waals surface area contributed by atoms with Crippen molar-refractivity contribution in [2.24, 2.45) is 0 Å². The molecule has 0 aliphatic carbocycles. The predicted octanol–water partition coefficient (Wildman–Crippen LogP) is 1.91. The number of carbonyl (C=O) groups is 1. The van der Waals surface area contributed by atoms with Crippen LogP contribution in [0.15, 0.2) is 35.6 Å². The summed E-state index contributed by atoms with van der Waals surface area (Å²) in [5.74, 6) is 0.447. The summed E-state index contributed by atoms with van der Waals surface area (Å²) in [6, 6.07) is 5.33. The fraction of sp³-hybridized carbons (Fsp3) is 0.333. The number of fused-ring (bicyclic) bond motifs is 2. The van der Waals surface area contributed by atoms with Gasteiger partial charge in [0.2, 0.25) is 0 Å². The largest absolute Gasteiger partial charge is 0.482 e. The number of amides is 1. The summed E-state index contributed by atoms with van der Waals surface area (Å²) in [5.41, 5.74) is 1.52. The van der Waals surface area contributed by atoms with Crippen molar-refractivity contribution < 1.29 is 14.3 Å². The summed E-state index contributed by atoms with van der Waals surface area (Å²) < 4.78 is 14.3. The first kappa shape index (κ1) is 16.9. The molecule has 0 bridgehead atoms. The summed E-state index contributed by atoms with van der Waals surface area (Å²) >= 11 is 6.52. The number of halogens is 1. The van der Waals surface area contributed by atoms with Crippen molar-refractivity contribution in [3.05, 3.63) is 46.4 Å². The quantitative estimate of drug-likeness (QED) is 0.769. The number of nitrogens with zero attached hydrogens (tertiary/aromatic N) is 3. The number of benzene rings is 1. The van der Waals surface area contributed by atoms with Crippen LogP contribution in [0.25, 0.3) is 11.1 Å². The summed E-state index contributed by atoms with van der Waals surface area (Å²) in [6.45, 7) is 6.01. The van der Waals surface area contributed by atoms with Gasteiger partial charge in [0, 0.05) is 6.54 Å². The zero-order chi connectivity index (χ0) is 18.3. The first-order valence-corrected chi connectivity index (χ1v) is 8.75. The molecule has 0 saturated carbocycles. The van der Waals surface area contributed by atoms with Crippen molar-refractivity contribution in [3.8, 4) is 16.9 Å². The molecule has 8 heteroatoms. The summed E-state index contributed by atoms with van der Waals surface area (Å²) in [6.07, 6.45) is 1.65. The van der Waals surface area contributed by atoms with Gasteiger partial charge in [-0.1, -0.05) is 23.7 Å². The Morgan fingerprint density at radius 2 is 1.96 bits per heavy atom. The molecule has 136 valence electrons. The fourth-order valence-electron chi connectivity index (χ4n) is 3.34. The lowest BCUT2D eigenvalue weighted by molar-refractivity contribution is -0.121. The Bertz CT molecular complexity index is 947. The Morgan fingerprint density at radius 1 is 1.19 bits per heavy atom. The number of rotatable bonds is 3. The van der Waals surface area contributed by atoms with Crippen molar-refractivity contribution in [2.45, 2.75) is 13.1 Å². The van der Waals surface area contributed by atoms with Gasteiger partial charge in [-0.3, -0.25) is 14.3 Å². The maximum absolute atomic E-state index is 12.9. The lowest BCUT2D eigenvalue weighted by Crippen LogP contribution is -2.38. The third kappa shape index (κ3) is 2.64. The molecule has 1 aromatic heterocycles. The molecule has 1 amide bonds. The second kappa shape index (κ2) is 6.66. The van der Waals surface area contributed by atoms with Gasteiger partial charge in [0.05, 0.1) is 37.6 Å². The van der Waals surface area contributed by atoms with E-state index in [1.165, 1.54) is 0 Å². The monoisotopic (exact) mass is 375 g/mol. The van der Waals surface area contributed by atoms with Gasteiger partial charge in [0.15, 0.2) is 6.61 Å². The molecule has 0 N–H and O–H groups in total. The van der Waals surface area contributed by atoms with Crippen LogP contribution in [0, 0.1) is 0 Å². The molecule has 2 aliphatic rings. The number of carbonyl (C=O) groups excluding carboxylic acids is 1. The lowest BCUT2D eigenvalue weighted by atomic mass is 10.1. The maximum Gasteiger partial charge on any atom is 0.276 e. The van der Waals surface area contributed by atoms with Crippen molar-refractivity contribution in [1.82, 2.24) is 9.36 Å². The minimum Gasteiger partial charge on any atom is -0.482 e. The normalized spacial score (nSPS) is 16.5. The van der Waals surface area contributed by atoms with Crippen molar-refractivity contribution in [1.29, 1.82) is 0 Å². The summed E-state index contributed by atoms with van der Waals surface area (Å²) in [5, 5.41) is 0.374. The van der Waals surface area contributed by atoms with Gasteiger partial charge < -0.3 is 14.4 Å². The van der Waals surface area contributed by atoms with Gasteiger partial charge in [0.1, 0.15) is 10.9 Å². The van der Waals surface area contributed by atoms with E-state index in [2.05, 4.69) is 6.58 Å². The molecular weight excluding hydrogens is 358 g/mol. The Labute approximate surface area is 155 Å². The second-order valence-corrected chi connectivity index (χ2v) is 6.45. The Morgan fingerprint density at radius 3 is 2.73 bits per heavy atom. The van der Waals surface area contributed by atoms with Gasteiger partial charge >= 0.3 is 0 Å². The standard InChI is InChI=1S/C18H18ClN3O4/c1-2-5-20-13-10-12(3-4-14(13)26-11-15(20)23)16-17(19)21-6-8-25-9-7-22(21)18(16)24/h2-4,10H,1,5-9,11H2. The van der Waals surface area contributed by atoms with E-state index in [0.29, 0.717) is 60.6 Å². The SMILES string of the molecule is C=CCN1C(=O)COc2ccc(-c3c(Cl)n4n(c3=O)CCOCC4)cc21. The zero-order valence-corrected chi connectivity index (χ0v) is 14.9. The van der Waals surface area contributed by atoms with Crippen molar-refractivity contribution in [2.75, 3.05) is 31.3 Å². The van der Waals surface area contributed by atoms with E-state index in [-0.39, 0.29) is 18.1 Å². The molecule has 1 aromatic carbocycles. The molecule has 2 aromatic rings. The van der Waals surface area contributed by atoms with Crippen LogP contribution in [-0.2, 0) is 22.6 Å². The molecule has 3 heterocycles. The molecule has 0 unspecified atom stereocenters. The zero-order valence-electron chi connectivity index (χ0n) is 14.1. The number of hydrogen-bond donors (Lipinski definition) is 0. The van der Waals surface area contributed by atoms with Crippen LogP contribution in [0.1, 0.15) is 0 Å². The van der Waals surface area contributed by atoms with E-state index in [1.807, 2.05) is 0 Å². The Hall–Kier alpha value is -2.51. The third-order valence-electron chi connectivity index (χ3n) is 4.57.